The van der Waals surface area contributed by atoms with Crippen LogP contribution >= 0.6 is 0 Å². The van der Waals surface area contributed by atoms with Crippen LogP contribution in [-0.2, 0) is 9.53 Å². The lowest BCUT2D eigenvalue weighted by atomic mass is 10.4. The van der Waals surface area contributed by atoms with E-state index in [0.29, 0.717) is 13.2 Å². The van der Waals surface area contributed by atoms with Gasteiger partial charge in [-0.2, -0.15) is 0 Å². The predicted octanol–water partition coefficient (Wildman–Crippen LogP) is 0.0939. The molecule has 0 bridgehead atoms. The van der Waals surface area contributed by atoms with Crippen molar-refractivity contribution in [2.75, 3.05) is 13.2 Å². The molecule has 11 heavy (non-hydrogen) atoms. The minimum absolute atomic E-state index is 0. The molecule has 0 unspecified atom stereocenters. The highest BCUT2D eigenvalue weighted by molar-refractivity contribution is 5.75. The van der Waals surface area contributed by atoms with Gasteiger partial charge in [0.05, 0.1) is 13.0 Å². The third kappa shape index (κ3) is 13.0. The molecule has 0 aromatic heterocycles. The smallest absolute Gasteiger partial charge is 0.305 e. The van der Waals surface area contributed by atoms with Gasteiger partial charge in [-0.25, -0.2) is 0 Å². The van der Waals surface area contributed by atoms with Crippen molar-refractivity contribution < 1.29 is 14.6 Å². The summed E-state index contributed by atoms with van der Waals surface area (Å²) in [4.78, 5) is 9.95. The maximum absolute atomic E-state index is 9.95. The zero-order chi connectivity index (χ0) is 7.82. The van der Waals surface area contributed by atoms with Crippen molar-refractivity contribution >= 4 is 23.3 Å². The molecular weight excluding hydrogens is 159 g/mol. The average Bonchev–Trinajstić information content (AvgIpc) is 1.87. The summed E-state index contributed by atoms with van der Waals surface area (Å²) < 4.78 is 5.00. The van der Waals surface area contributed by atoms with Crippen LogP contribution in [0.4, 0.5) is 0 Å². The molecule has 1 N–H and O–H groups in total. The first-order valence-corrected chi connectivity index (χ1v) is 3.57. The summed E-state index contributed by atoms with van der Waals surface area (Å²) in [5.41, 5.74) is 0. The van der Waals surface area contributed by atoms with Crippen molar-refractivity contribution in [2.24, 2.45) is 0 Å². The third-order valence-electron chi connectivity index (χ3n) is 1.10. The Morgan fingerprint density at radius 1 is 1.45 bits per heavy atom. The fourth-order valence-electron chi connectivity index (χ4n) is 0.508. The molecule has 66 valence electrons. The second-order valence-electron chi connectivity index (χ2n) is 2.11. The first-order chi connectivity index (χ1) is 4.77. The summed E-state index contributed by atoms with van der Waals surface area (Å²) in [5, 5.41) is 8.19. The molecule has 0 rings (SSSR count). The van der Waals surface area contributed by atoms with Crippen LogP contribution in [0.1, 0.15) is 26.2 Å². The highest BCUT2D eigenvalue weighted by atomic mass is 27.0. The van der Waals surface area contributed by atoms with Gasteiger partial charge in [-0.3, -0.25) is 4.79 Å². The molecule has 0 aromatic rings. The van der Waals surface area contributed by atoms with E-state index in [1.165, 1.54) is 0 Å². The van der Waals surface area contributed by atoms with Gasteiger partial charge in [0.2, 0.25) is 0 Å². The van der Waals surface area contributed by atoms with E-state index in [4.69, 9.17) is 9.84 Å². The number of carboxylic acids is 1. The highest BCUT2D eigenvalue weighted by Crippen LogP contribution is 1.89. The van der Waals surface area contributed by atoms with E-state index < -0.39 is 5.97 Å². The Labute approximate surface area is 77.9 Å². The molecule has 0 aliphatic heterocycles. The molecule has 0 aromatic carbocycles. The Balaban J connectivity index is 0. The van der Waals surface area contributed by atoms with Crippen molar-refractivity contribution in [3.63, 3.8) is 0 Å². The number of rotatable bonds is 6. The first kappa shape index (κ1) is 13.5. The van der Waals surface area contributed by atoms with Crippen molar-refractivity contribution in [1.29, 1.82) is 0 Å². The molecule has 0 radical (unpaired) electrons. The van der Waals surface area contributed by atoms with Crippen LogP contribution < -0.4 is 0 Å². The van der Waals surface area contributed by atoms with Crippen molar-refractivity contribution in [2.45, 2.75) is 26.2 Å². The molecule has 4 heteroatoms. The average molecular weight is 176 g/mol. The summed E-state index contributed by atoms with van der Waals surface area (Å²) in [6, 6.07) is 0. The van der Waals surface area contributed by atoms with E-state index in [1.54, 1.807) is 0 Å². The van der Waals surface area contributed by atoms with Crippen LogP contribution in [0.15, 0.2) is 0 Å². The summed E-state index contributed by atoms with van der Waals surface area (Å²) in [7, 11) is 0. The fraction of sp³-hybridized carbons (Fsp3) is 0.857. The van der Waals surface area contributed by atoms with Crippen LogP contribution in [0, 0.1) is 0 Å². The molecule has 0 saturated heterocycles. The largest absolute Gasteiger partial charge is 0.481 e. The second-order valence-corrected chi connectivity index (χ2v) is 2.11. The maximum atomic E-state index is 9.95. The lowest BCUT2D eigenvalue weighted by Gasteiger charge is -1.98. The van der Waals surface area contributed by atoms with Crippen LogP contribution in [0.3, 0.4) is 0 Å². The fourth-order valence-corrected chi connectivity index (χ4v) is 0.508. The van der Waals surface area contributed by atoms with E-state index in [0.717, 1.165) is 12.8 Å². The van der Waals surface area contributed by atoms with Gasteiger partial charge in [-0.15, -0.1) is 0 Å². The van der Waals surface area contributed by atoms with Gasteiger partial charge in [0.15, 0.2) is 17.4 Å². The number of unbranched alkanes of at least 4 members (excludes halogenated alkanes) is 1. The lowest BCUT2D eigenvalue weighted by molar-refractivity contribution is -0.138. The molecule has 0 aliphatic rings. The summed E-state index contributed by atoms with van der Waals surface area (Å²) >= 11 is 0. The minimum atomic E-state index is -0.795. The third-order valence-corrected chi connectivity index (χ3v) is 1.10. The number of ether oxygens (including phenoxy) is 1. The summed E-state index contributed by atoms with van der Waals surface area (Å²) in [6.45, 7) is 3.10. The van der Waals surface area contributed by atoms with Gasteiger partial charge < -0.3 is 9.84 Å². The SMILES string of the molecule is CCCCOCCC(=O)O.[AlH3]. The number of aliphatic carboxylic acids is 1. The van der Waals surface area contributed by atoms with Gasteiger partial charge in [0.25, 0.3) is 0 Å². The molecule has 0 heterocycles. The Bertz CT molecular complexity index is 95.7. The highest BCUT2D eigenvalue weighted by Gasteiger charge is 1.94. The van der Waals surface area contributed by atoms with Gasteiger partial charge in [-0.05, 0) is 6.42 Å². The minimum Gasteiger partial charge on any atom is -0.481 e. The second kappa shape index (κ2) is 9.96. The van der Waals surface area contributed by atoms with E-state index in [2.05, 4.69) is 6.92 Å². The molecule has 0 atom stereocenters. The van der Waals surface area contributed by atoms with Crippen molar-refractivity contribution in [3.05, 3.63) is 0 Å². The monoisotopic (exact) mass is 176 g/mol. The standard InChI is InChI=1S/C7H14O3.Al.3H/c1-2-3-5-10-6-4-7(8)9;;;;/h2-6H2,1H3,(H,8,9);;;;. The zero-order valence-electron chi connectivity index (χ0n) is 6.30. The van der Waals surface area contributed by atoms with E-state index >= 15 is 0 Å². The van der Waals surface area contributed by atoms with E-state index in [-0.39, 0.29) is 23.8 Å². The van der Waals surface area contributed by atoms with Gasteiger partial charge in [0.1, 0.15) is 0 Å². The Kier molecular flexibility index (Phi) is 12.3. The lowest BCUT2D eigenvalue weighted by Crippen LogP contribution is -2.03. The maximum Gasteiger partial charge on any atom is 0.305 e. The van der Waals surface area contributed by atoms with Gasteiger partial charge in [0, 0.05) is 6.61 Å². The molecular formula is C7H17AlO3. The summed E-state index contributed by atoms with van der Waals surface area (Å²) in [6.07, 6.45) is 2.22. The molecule has 0 spiro atoms. The number of hydrogen-bond donors (Lipinski definition) is 1. The Hall–Kier alpha value is -0.0375. The predicted molar refractivity (Wildman–Crippen MR) is 47.9 cm³/mol. The van der Waals surface area contributed by atoms with Crippen molar-refractivity contribution in [1.82, 2.24) is 0 Å². The van der Waals surface area contributed by atoms with Crippen LogP contribution in [-0.4, -0.2) is 41.7 Å². The number of hydrogen-bond acceptors (Lipinski definition) is 2. The number of carboxylic acid groups (broad SMARTS) is 1. The zero-order valence-corrected chi connectivity index (χ0v) is 6.30. The van der Waals surface area contributed by atoms with Crippen LogP contribution in [0.25, 0.3) is 0 Å². The van der Waals surface area contributed by atoms with E-state index in [9.17, 15) is 4.79 Å². The van der Waals surface area contributed by atoms with Crippen LogP contribution in [0.5, 0.6) is 0 Å². The molecule has 0 aliphatic carbocycles. The molecule has 0 saturated carbocycles. The van der Waals surface area contributed by atoms with E-state index in [1.807, 2.05) is 0 Å². The van der Waals surface area contributed by atoms with Gasteiger partial charge >= 0.3 is 5.97 Å². The first-order valence-electron chi connectivity index (χ1n) is 3.57. The number of carbonyl (C=O) groups is 1. The Morgan fingerprint density at radius 3 is 2.55 bits per heavy atom. The van der Waals surface area contributed by atoms with Crippen molar-refractivity contribution in [3.8, 4) is 0 Å². The molecule has 3 nitrogen and oxygen atoms in total. The normalized spacial score (nSPS) is 8.82. The summed E-state index contributed by atoms with van der Waals surface area (Å²) in [5.74, 6) is -0.795. The molecule has 0 fully saturated rings. The van der Waals surface area contributed by atoms with Gasteiger partial charge in [-0.1, -0.05) is 13.3 Å². The topological polar surface area (TPSA) is 46.5 Å². The molecule has 0 amide bonds. The Morgan fingerprint density at radius 2 is 2.09 bits per heavy atom. The quantitative estimate of drug-likeness (QED) is 0.461. The van der Waals surface area contributed by atoms with Crippen LogP contribution in [0.2, 0.25) is 0 Å².